The lowest BCUT2D eigenvalue weighted by molar-refractivity contribution is -0.139. The standard InChI is InChI=1S/C11H14FNO3/c1-7(14)6-13-10(11(15)16)8-2-4-9(12)5-3-8/h2-5,7,10,13-14H,6H2,1H3,(H,15,16). The van der Waals surface area contributed by atoms with E-state index in [0.29, 0.717) is 5.56 Å². The van der Waals surface area contributed by atoms with Gasteiger partial charge in [-0.1, -0.05) is 12.1 Å². The summed E-state index contributed by atoms with van der Waals surface area (Å²) in [7, 11) is 0. The summed E-state index contributed by atoms with van der Waals surface area (Å²) in [5, 5.41) is 20.7. The van der Waals surface area contributed by atoms with Crippen molar-refractivity contribution in [2.75, 3.05) is 6.54 Å². The second-order valence-corrected chi connectivity index (χ2v) is 3.58. The number of halogens is 1. The zero-order valence-electron chi connectivity index (χ0n) is 8.85. The van der Waals surface area contributed by atoms with Crippen molar-refractivity contribution in [1.82, 2.24) is 5.32 Å². The highest BCUT2D eigenvalue weighted by atomic mass is 19.1. The Morgan fingerprint density at radius 3 is 2.44 bits per heavy atom. The zero-order valence-corrected chi connectivity index (χ0v) is 8.85. The number of aliphatic hydroxyl groups excluding tert-OH is 1. The number of aliphatic hydroxyl groups is 1. The smallest absolute Gasteiger partial charge is 0.325 e. The third-order valence-electron chi connectivity index (χ3n) is 2.07. The molecule has 88 valence electrons. The van der Waals surface area contributed by atoms with E-state index >= 15 is 0 Å². The molecule has 0 amide bonds. The highest BCUT2D eigenvalue weighted by Crippen LogP contribution is 2.13. The van der Waals surface area contributed by atoms with Gasteiger partial charge in [-0.3, -0.25) is 10.1 Å². The molecule has 2 unspecified atom stereocenters. The van der Waals surface area contributed by atoms with Crippen LogP contribution in [0.5, 0.6) is 0 Å². The Morgan fingerprint density at radius 1 is 1.44 bits per heavy atom. The lowest BCUT2D eigenvalue weighted by atomic mass is 10.1. The molecule has 0 heterocycles. The van der Waals surface area contributed by atoms with Gasteiger partial charge < -0.3 is 10.2 Å². The Morgan fingerprint density at radius 2 is 2.00 bits per heavy atom. The minimum atomic E-state index is -1.06. The fraction of sp³-hybridized carbons (Fsp3) is 0.364. The second kappa shape index (κ2) is 5.58. The Bertz CT molecular complexity index is 351. The first-order valence-electron chi connectivity index (χ1n) is 4.90. The van der Waals surface area contributed by atoms with E-state index < -0.39 is 23.9 Å². The van der Waals surface area contributed by atoms with E-state index in [2.05, 4.69) is 5.32 Å². The maximum Gasteiger partial charge on any atom is 0.325 e. The number of carboxylic acid groups (broad SMARTS) is 1. The first-order chi connectivity index (χ1) is 7.50. The second-order valence-electron chi connectivity index (χ2n) is 3.58. The van der Waals surface area contributed by atoms with E-state index in [0.717, 1.165) is 0 Å². The van der Waals surface area contributed by atoms with Crippen LogP contribution in [0.4, 0.5) is 4.39 Å². The Kier molecular flexibility index (Phi) is 4.39. The van der Waals surface area contributed by atoms with Gasteiger partial charge in [0.2, 0.25) is 0 Å². The number of nitrogens with one attached hydrogen (secondary N) is 1. The molecular weight excluding hydrogens is 213 g/mol. The molecule has 4 nitrogen and oxygen atoms in total. The molecule has 0 saturated heterocycles. The van der Waals surface area contributed by atoms with Gasteiger partial charge in [-0.25, -0.2) is 4.39 Å². The Balaban J connectivity index is 2.77. The molecule has 0 saturated carbocycles. The fourth-order valence-corrected chi connectivity index (χ4v) is 1.29. The summed E-state index contributed by atoms with van der Waals surface area (Å²) >= 11 is 0. The molecule has 0 radical (unpaired) electrons. The number of rotatable bonds is 5. The minimum Gasteiger partial charge on any atom is -0.480 e. The van der Waals surface area contributed by atoms with Crippen LogP contribution < -0.4 is 5.32 Å². The molecule has 0 aliphatic carbocycles. The molecular formula is C11H14FNO3. The van der Waals surface area contributed by atoms with Crippen molar-refractivity contribution < 1.29 is 19.4 Å². The predicted octanol–water partition coefficient (Wildman–Crippen LogP) is 0.922. The van der Waals surface area contributed by atoms with Crippen LogP contribution in [0.1, 0.15) is 18.5 Å². The molecule has 16 heavy (non-hydrogen) atoms. The van der Waals surface area contributed by atoms with Gasteiger partial charge in [0.05, 0.1) is 6.10 Å². The number of benzene rings is 1. The van der Waals surface area contributed by atoms with Gasteiger partial charge in [-0.05, 0) is 24.6 Å². The quantitative estimate of drug-likeness (QED) is 0.699. The lowest BCUT2D eigenvalue weighted by Crippen LogP contribution is -2.33. The summed E-state index contributed by atoms with van der Waals surface area (Å²) < 4.78 is 12.7. The molecule has 0 spiro atoms. The molecule has 2 atom stereocenters. The van der Waals surface area contributed by atoms with Crippen molar-refractivity contribution in [2.24, 2.45) is 0 Å². The third-order valence-corrected chi connectivity index (χ3v) is 2.07. The van der Waals surface area contributed by atoms with E-state index in [1.165, 1.54) is 24.3 Å². The van der Waals surface area contributed by atoms with Crippen molar-refractivity contribution in [3.8, 4) is 0 Å². The maximum atomic E-state index is 12.7. The SMILES string of the molecule is CC(O)CNC(C(=O)O)c1ccc(F)cc1. The van der Waals surface area contributed by atoms with Gasteiger partial charge in [0.15, 0.2) is 0 Å². The van der Waals surface area contributed by atoms with Gasteiger partial charge >= 0.3 is 5.97 Å². The average Bonchev–Trinajstić information content (AvgIpc) is 2.20. The predicted molar refractivity (Wildman–Crippen MR) is 56.5 cm³/mol. The van der Waals surface area contributed by atoms with E-state index in [-0.39, 0.29) is 6.54 Å². The van der Waals surface area contributed by atoms with Crippen molar-refractivity contribution >= 4 is 5.97 Å². The van der Waals surface area contributed by atoms with Crippen LogP contribution >= 0.6 is 0 Å². The molecule has 0 aromatic heterocycles. The molecule has 0 aliphatic heterocycles. The average molecular weight is 227 g/mol. The van der Waals surface area contributed by atoms with Crippen molar-refractivity contribution in [2.45, 2.75) is 19.1 Å². The summed E-state index contributed by atoms with van der Waals surface area (Å²) in [5.41, 5.74) is 0.453. The fourth-order valence-electron chi connectivity index (χ4n) is 1.29. The van der Waals surface area contributed by atoms with Crippen LogP contribution in [0.25, 0.3) is 0 Å². The number of hydrogen-bond donors (Lipinski definition) is 3. The van der Waals surface area contributed by atoms with E-state index in [9.17, 15) is 9.18 Å². The van der Waals surface area contributed by atoms with Gasteiger partial charge in [0, 0.05) is 6.54 Å². The zero-order chi connectivity index (χ0) is 12.1. The molecule has 1 aromatic rings. The topological polar surface area (TPSA) is 69.6 Å². The number of aliphatic carboxylic acids is 1. The molecule has 0 bridgehead atoms. The summed E-state index contributed by atoms with van der Waals surface area (Å²) in [6.07, 6.45) is -0.637. The molecule has 0 fully saturated rings. The first kappa shape index (κ1) is 12.6. The van der Waals surface area contributed by atoms with E-state index in [1.807, 2.05) is 0 Å². The Labute approximate surface area is 92.7 Å². The van der Waals surface area contributed by atoms with Gasteiger partial charge in [0.1, 0.15) is 11.9 Å². The number of carboxylic acids is 1. The number of carbonyl (C=O) groups is 1. The molecule has 5 heteroatoms. The van der Waals surface area contributed by atoms with Crippen LogP contribution in [0.3, 0.4) is 0 Å². The van der Waals surface area contributed by atoms with Crippen molar-refractivity contribution in [1.29, 1.82) is 0 Å². The monoisotopic (exact) mass is 227 g/mol. The van der Waals surface area contributed by atoms with Crippen molar-refractivity contribution in [3.63, 3.8) is 0 Å². The third kappa shape index (κ3) is 3.60. The van der Waals surface area contributed by atoms with Crippen LogP contribution in [0, 0.1) is 5.82 Å². The highest BCUT2D eigenvalue weighted by Gasteiger charge is 2.19. The lowest BCUT2D eigenvalue weighted by Gasteiger charge is -2.15. The largest absolute Gasteiger partial charge is 0.480 e. The molecule has 1 aromatic carbocycles. The van der Waals surface area contributed by atoms with Crippen molar-refractivity contribution in [3.05, 3.63) is 35.6 Å². The first-order valence-corrected chi connectivity index (χ1v) is 4.90. The minimum absolute atomic E-state index is 0.161. The molecule has 0 aliphatic rings. The maximum absolute atomic E-state index is 12.7. The van der Waals surface area contributed by atoms with Crippen LogP contribution in [-0.4, -0.2) is 28.8 Å². The summed E-state index contributed by atoms with van der Waals surface area (Å²) in [5.74, 6) is -1.48. The summed E-state index contributed by atoms with van der Waals surface area (Å²) in [6, 6.07) is 4.28. The van der Waals surface area contributed by atoms with Crippen LogP contribution in [0.2, 0.25) is 0 Å². The van der Waals surface area contributed by atoms with Crippen LogP contribution in [0.15, 0.2) is 24.3 Å². The molecule has 3 N–H and O–H groups in total. The summed E-state index contributed by atoms with van der Waals surface area (Å²) in [6.45, 7) is 1.71. The van der Waals surface area contributed by atoms with Gasteiger partial charge in [-0.2, -0.15) is 0 Å². The van der Waals surface area contributed by atoms with E-state index in [1.54, 1.807) is 6.92 Å². The van der Waals surface area contributed by atoms with E-state index in [4.69, 9.17) is 10.2 Å². The van der Waals surface area contributed by atoms with Crippen LogP contribution in [-0.2, 0) is 4.79 Å². The van der Waals surface area contributed by atoms with Gasteiger partial charge in [-0.15, -0.1) is 0 Å². The Hall–Kier alpha value is -1.46. The highest BCUT2D eigenvalue weighted by molar-refractivity contribution is 5.75. The number of hydrogen-bond acceptors (Lipinski definition) is 3. The normalized spacial score (nSPS) is 14.4. The summed E-state index contributed by atoms with van der Waals surface area (Å²) in [4.78, 5) is 11.0. The van der Waals surface area contributed by atoms with Gasteiger partial charge in [0.25, 0.3) is 0 Å². The molecule has 1 rings (SSSR count).